The molecule has 0 spiro atoms. The Balaban J connectivity index is 1.66. The highest BCUT2D eigenvalue weighted by molar-refractivity contribution is 5.73. The molecular weight excluding hydrogens is 294 g/mol. The second-order valence-electron chi connectivity index (χ2n) is 5.22. The number of carbonyl (C=O) groups is 1. The lowest BCUT2D eigenvalue weighted by atomic mass is 10.1. The number of hydrogen-bond acceptors (Lipinski definition) is 3. The smallest absolute Gasteiger partial charge is 0.314 e. The molecule has 1 aromatic carbocycles. The molecule has 122 valence electrons. The van der Waals surface area contributed by atoms with Crippen molar-refractivity contribution in [3.63, 3.8) is 0 Å². The van der Waals surface area contributed by atoms with E-state index >= 15 is 0 Å². The quantitative estimate of drug-likeness (QED) is 0.705. The Kier molecular flexibility index (Phi) is 6.38. The van der Waals surface area contributed by atoms with Crippen LogP contribution in [-0.4, -0.2) is 34.9 Å². The van der Waals surface area contributed by atoms with Crippen LogP contribution in [0.25, 0.3) is 0 Å². The summed E-state index contributed by atoms with van der Waals surface area (Å²) in [6, 6.07) is 14.3. The van der Waals surface area contributed by atoms with Crippen molar-refractivity contribution < 1.29 is 9.90 Å². The standard InChI is InChI=1S/C17H21N3O3/c21-15(13-20-11-5-4-8-16(20)22)12-19-17(23)18-10-9-14-6-2-1-3-7-14/h1-8,11,15,21H,9-10,12-13H2,(H2,18,19,23). The summed E-state index contributed by atoms with van der Waals surface area (Å²) >= 11 is 0. The number of benzene rings is 1. The maximum Gasteiger partial charge on any atom is 0.314 e. The van der Waals surface area contributed by atoms with Gasteiger partial charge in [-0.25, -0.2) is 4.79 Å². The Hall–Kier alpha value is -2.60. The van der Waals surface area contributed by atoms with Gasteiger partial charge in [0.2, 0.25) is 0 Å². The number of carbonyl (C=O) groups excluding carboxylic acids is 1. The van der Waals surface area contributed by atoms with E-state index in [0.717, 1.165) is 12.0 Å². The van der Waals surface area contributed by atoms with Crippen LogP contribution in [0.4, 0.5) is 4.79 Å². The number of aromatic nitrogens is 1. The number of rotatable bonds is 7. The van der Waals surface area contributed by atoms with Crippen LogP contribution < -0.4 is 16.2 Å². The zero-order chi connectivity index (χ0) is 16.5. The molecular formula is C17H21N3O3. The minimum absolute atomic E-state index is 0.0818. The topological polar surface area (TPSA) is 83.4 Å². The van der Waals surface area contributed by atoms with Crippen molar-refractivity contribution in [1.82, 2.24) is 15.2 Å². The summed E-state index contributed by atoms with van der Waals surface area (Å²) in [5.41, 5.74) is 0.968. The van der Waals surface area contributed by atoms with Crippen molar-refractivity contribution >= 4 is 6.03 Å². The van der Waals surface area contributed by atoms with E-state index in [1.54, 1.807) is 18.3 Å². The van der Waals surface area contributed by atoms with E-state index in [1.807, 2.05) is 30.3 Å². The van der Waals surface area contributed by atoms with E-state index in [4.69, 9.17) is 0 Å². The van der Waals surface area contributed by atoms with Crippen molar-refractivity contribution in [2.24, 2.45) is 0 Å². The number of nitrogens with zero attached hydrogens (tertiary/aromatic N) is 1. The van der Waals surface area contributed by atoms with Crippen LogP contribution in [0.3, 0.4) is 0 Å². The number of hydrogen-bond donors (Lipinski definition) is 3. The number of urea groups is 1. The fraction of sp³-hybridized carbons (Fsp3) is 0.294. The first-order chi connectivity index (χ1) is 11.1. The molecule has 1 heterocycles. The predicted octanol–water partition coefficient (Wildman–Crippen LogP) is 0.751. The molecule has 6 nitrogen and oxygen atoms in total. The number of amides is 2. The molecule has 0 bridgehead atoms. The highest BCUT2D eigenvalue weighted by atomic mass is 16.3. The SMILES string of the molecule is O=C(NCCc1ccccc1)NCC(O)Cn1ccccc1=O. The van der Waals surface area contributed by atoms with Gasteiger partial charge in [0.1, 0.15) is 0 Å². The summed E-state index contributed by atoms with van der Waals surface area (Å²) in [5, 5.41) is 15.2. The van der Waals surface area contributed by atoms with E-state index in [1.165, 1.54) is 10.6 Å². The number of aliphatic hydroxyl groups is 1. The van der Waals surface area contributed by atoms with Crippen molar-refractivity contribution in [1.29, 1.82) is 0 Å². The lowest BCUT2D eigenvalue weighted by molar-refractivity contribution is 0.150. The van der Waals surface area contributed by atoms with Crippen LogP contribution in [0.5, 0.6) is 0 Å². The summed E-state index contributed by atoms with van der Waals surface area (Å²) < 4.78 is 1.40. The zero-order valence-electron chi connectivity index (χ0n) is 12.8. The molecule has 0 aliphatic carbocycles. The lowest BCUT2D eigenvalue weighted by Crippen LogP contribution is -2.42. The number of aliphatic hydroxyl groups excluding tert-OH is 1. The highest BCUT2D eigenvalue weighted by Crippen LogP contribution is 1.98. The molecule has 0 fully saturated rings. The van der Waals surface area contributed by atoms with Gasteiger partial charge in [-0.2, -0.15) is 0 Å². The Morgan fingerprint density at radius 1 is 1.09 bits per heavy atom. The molecule has 0 aliphatic rings. The van der Waals surface area contributed by atoms with E-state index in [2.05, 4.69) is 10.6 Å². The first-order valence-corrected chi connectivity index (χ1v) is 7.54. The second-order valence-corrected chi connectivity index (χ2v) is 5.22. The Bertz CT molecular complexity index is 670. The van der Waals surface area contributed by atoms with Gasteiger partial charge in [0.15, 0.2) is 0 Å². The van der Waals surface area contributed by atoms with Gasteiger partial charge in [0.25, 0.3) is 5.56 Å². The normalized spacial score (nSPS) is 11.7. The Morgan fingerprint density at radius 2 is 1.83 bits per heavy atom. The third-order valence-electron chi connectivity index (χ3n) is 3.35. The molecule has 1 unspecified atom stereocenters. The van der Waals surface area contributed by atoms with Crippen LogP contribution in [0.2, 0.25) is 0 Å². The molecule has 23 heavy (non-hydrogen) atoms. The number of nitrogens with one attached hydrogen (secondary N) is 2. The van der Waals surface area contributed by atoms with E-state index in [9.17, 15) is 14.7 Å². The van der Waals surface area contributed by atoms with Gasteiger partial charge in [-0.1, -0.05) is 36.4 Å². The van der Waals surface area contributed by atoms with Gasteiger partial charge in [0.05, 0.1) is 12.6 Å². The van der Waals surface area contributed by atoms with Crippen molar-refractivity contribution in [2.75, 3.05) is 13.1 Å². The molecule has 6 heteroatoms. The molecule has 1 aromatic heterocycles. The fourth-order valence-corrected chi connectivity index (χ4v) is 2.14. The van der Waals surface area contributed by atoms with Crippen molar-refractivity contribution in [2.45, 2.75) is 19.1 Å². The van der Waals surface area contributed by atoms with Crippen LogP contribution in [-0.2, 0) is 13.0 Å². The average Bonchev–Trinajstić information content (AvgIpc) is 2.56. The lowest BCUT2D eigenvalue weighted by Gasteiger charge is -2.14. The third kappa shape index (κ3) is 5.96. The summed E-state index contributed by atoms with van der Waals surface area (Å²) in [4.78, 5) is 23.2. The average molecular weight is 315 g/mol. The molecule has 0 aliphatic heterocycles. The summed E-state index contributed by atoms with van der Waals surface area (Å²) in [6.07, 6.45) is 1.52. The molecule has 0 saturated heterocycles. The predicted molar refractivity (Wildman–Crippen MR) is 88.3 cm³/mol. The van der Waals surface area contributed by atoms with Crippen LogP contribution >= 0.6 is 0 Å². The van der Waals surface area contributed by atoms with Crippen molar-refractivity contribution in [3.05, 3.63) is 70.6 Å². The van der Waals surface area contributed by atoms with Gasteiger partial charge in [-0.05, 0) is 18.1 Å². The minimum Gasteiger partial charge on any atom is -0.389 e. The van der Waals surface area contributed by atoms with E-state index in [0.29, 0.717) is 6.54 Å². The first-order valence-electron chi connectivity index (χ1n) is 7.54. The maximum absolute atomic E-state index is 11.7. The second kappa shape index (κ2) is 8.75. The third-order valence-corrected chi connectivity index (χ3v) is 3.35. The van der Waals surface area contributed by atoms with Gasteiger partial charge in [-0.15, -0.1) is 0 Å². The van der Waals surface area contributed by atoms with Crippen molar-refractivity contribution in [3.8, 4) is 0 Å². The van der Waals surface area contributed by atoms with Gasteiger partial charge in [0, 0.05) is 25.4 Å². The fourth-order valence-electron chi connectivity index (χ4n) is 2.14. The molecule has 2 rings (SSSR count). The Morgan fingerprint density at radius 3 is 2.57 bits per heavy atom. The van der Waals surface area contributed by atoms with E-state index in [-0.39, 0.29) is 24.7 Å². The van der Waals surface area contributed by atoms with Crippen LogP contribution in [0, 0.1) is 0 Å². The maximum atomic E-state index is 11.7. The monoisotopic (exact) mass is 315 g/mol. The van der Waals surface area contributed by atoms with Gasteiger partial charge < -0.3 is 20.3 Å². The molecule has 2 aromatic rings. The molecule has 3 N–H and O–H groups in total. The molecule has 0 radical (unpaired) electrons. The first kappa shape index (κ1) is 16.8. The van der Waals surface area contributed by atoms with Crippen LogP contribution in [0.15, 0.2) is 59.5 Å². The van der Waals surface area contributed by atoms with Crippen LogP contribution in [0.1, 0.15) is 5.56 Å². The van der Waals surface area contributed by atoms with Gasteiger partial charge in [-0.3, -0.25) is 4.79 Å². The van der Waals surface area contributed by atoms with Gasteiger partial charge >= 0.3 is 6.03 Å². The molecule has 1 atom stereocenters. The number of pyridine rings is 1. The van der Waals surface area contributed by atoms with E-state index < -0.39 is 6.10 Å². The summed E-state index contributed by atoms with van der Waals surface area (Å²) in [5.74, 6) is 0. The largest absolute Gasteiger partial charge is 0.389 e. The zero-order valence-corrected chi connectivity index (χ0v) is 12.8. The Labute approximate surface area is 134 Å². The summed E-state index contributed by atoms with van der Waals surface area (Å²) in [6.45, 7) is 0.743. The summed E-state index contributed by atoms with van der Waals surface area (Å²) in [7, 11) is 0. The highest BCUT2D eigenvalue weighted by Gasteiger charge is 2.08. The molecule has 0 saturated carbocycles. The molecule has 2 amide bonds. The minimum atomic E-state index is -0.824.